The normalized spacial score (nSPS) is 25.3. The van der Waals surface area contributed by atoms with Gasteiger partial charge in [-0.1, -0.05) is 6.58 Å². The Morgan fingerprint density at radius 2 is 1.91 bits per heavy atom. The molecule has 0 atom stereocenters. The minimum atomic E-state index is 0.813. The lowest BCUT2D eigenvalue weighted by Crippen LogP contribution is -2.35. The molecule has 0 N–H and O–H groups in total. The summed E-state index contributed by atoms with van der Waals surface area (Å²) < 4.78 is 5.27. The first-order valence-electron chi connectivity index (χ1n) is 4.39. The molecule has 1 aliphatic carbocycles. The van der Waals surface area contributed by atoms with Gasteiger partial charge >= 0.3 is 0 Å². The van der Waals surface area contributed by atoms with Crippen LogP contribution in [0.1, 0.15) is 12.8 Å². The second-order valence-electron chi connectivity index (χ2n) is 3.37. The maximum atomic E-state index is 5.27. The molecule has 0 aromatic carbocycles. The summed E-state index contributed by atoms with van der Waals surface area (Å²) in [7, 11) is 0. The Hall–Kier alpha value is -0.500. The fourth-order valence-corrected chi connectivity index (χ4v) is 1.53. The molecule has 1 saturated carbocycles. The summed E-state index contributed by atoms with van der Waals surface area (Å²) in [5, 5.41) is 0. The summed E-state index contributed by atoms with van der Waals surface area (Å²) in [4.78, 5) is 2.38. The standard InChI is InChI=1S/C9H15NO/c1-8(9-2-3-9)10-4-6-11-7-5-10/h9H,1-7H2. The number of allylic oxidation sites excluding steroid dienone is 1. The van der Waals surface area contributed by atoms with Crippen molar-refractivity contribution in [3.05, 3.63) is 12.3 Å². The van der Waals surface area contributed by atoms with Crippen LogP contribution in [0, 0.1) is 5.92 Å². The highest BCUT2D eigenvalue weighted by atomic mass is 16.5. The number of hydrogen-bond acceptors (Lipinski definition) is 2. The first kappa shape index (κ1) is 7.17. The number of ether oxygens (including phenoxy) is 1. The SMILES string of the molecule is C=C(C1CC1)N1CCOCC1. The van der Waals surface area contributed by atoms with Gasteiger partial charge in [-0.05, 0) is 18.8 Å². The van der Waals surface area contributed by atoms with E-state index in [9.17, 15) is 0 Å². The molecular weight excluding hydrogens is 138 g/mol. The van der Waals surface area contributed by atoms with Crippen LogP contribution in [-0.2, 0) is 4.74 Å². The molecular formula is C9H15NO. The molecule has 1 aliphatic heterocycles. The van der Waals surface area contributed by atoms with E-state index in [1.165, 1.54) is 18.5 Å². The molecule has 2 rings (SSSR count). The van der Waals surface area contributed by atoms with Crippen LogP contribution >= 0.6 is 0 Å². The number of morpholine rings is 1. The molecule has 0 radical (unpaired) electrons. The van der Waals surface area contributed by atoms with Crippen molar-refractivity contribution < 1.29 is 4.74 Å². The van der Waals surface area contributed by atoms with Crippen molar-refractivity contribution in [1.29, 1.82) is 0 Å². The number of nitrogens with zero attached hydrogens (tertiary/aromatic N) is 1. The molecule has 0 amide bonds. The van der Waals surface area contributed by atoms with Gasteiger partial charge in [-0.15, -0.1) is 0 Å². The Bertz CT molecular complexity index is 157. The zero-order chi connectivity index (χ0) is 7.68. The summed E-state index contributed by atoms with van der Waals surface area (Å²) in [6.45, 7) is 7.97. The molecule has 0 aromatic rings. The quantitative estimate of drug-likeness (QED) is 0.592. The second-order valence-corrected chi connectivity index (χ2v) is 3.37. The van der Waals surface area contributed by atoms with E-state index < -0.39 is 0 Å². The van der Waals surface area contributed by atoms with Crippen LogP contribution in [0.25, 0.3) is 0 Å². The van der Waals surface area contributed by atoms with E-state index in [-0.39, 0.29) is 0 Å². The van der Waals surface area contributed by atoms with Crippen LogP contribution < -0.4 is 0 Å². The third-order valence-corrected chi connectivity index (χ3v) is 2.47. The summed E-state index contributed by atoms with van der Waals surface area (Å²) in [6, 6.07) is 0. The van der Waals surface area contributed by atoms with Crippen LogP contribution in [0.3, 0.4) is 0 Å². The van der Waals surface area contributed by atoms with Gasteiger partial charge < -0.3 is 9.64 Å². The maximum Gasteiger partial charge on any atom is 0.0642 e. The molecule has 0 aromatic heterocycles. The first-order chi connectivity index (χ1) is 5.38. The van der Waals surface area contributed by atoms with E-state index in [0.29, 0.717) is 0 Å². The van der Waals surface area contributed by atoms with Crippen LogP contribution in [0.15, 0.2) is 12.3 Å². The fraction of sp³-hybridized carbons (Fsp3) is 0.778. The van der Waals surface area contributed by atoms with Gasteiger partial charge in [0.2, 0.25) is 0 Å². The molecule has 2 nitrogen and oxygen atoms in total. The van der Waals surface area contributed by atoms with E-state index in [2.05, 4.69) is 11.5 Å². The van der Waals surface area contributed by atoms with Gasteiger partial charge in [0.1, 0.15) is 0 Å². The topological polar surface area (TPSA) is 12.5 Å². The van der Waals surface area contributed by atoms with Gasteiger partial charge in [-0.3, -0.25) is 0 Å². The van der Waals surface area contributed by atoms with Crippen LogP contribution in [0.5, 0.6) is 0 Å². The van der Waals surface area contributed by atoms with Gasteiger partial charge in [0.15, 0.2) is 0 Å². The predicted molar refractivity (Wildman–Crippen MR) is 44.3 cm³/mol. The number of hydrogen-bond donors (Lipinski definition) is 0. The fourth-order valence-electron chi connectivity index (χ4n) is 1.53. The summed E-state index contributed by atoms with van der Waals surface area (Å²) >= 11 is 0. The van der Waals surface area contributed by atoms with Crippen molar-refractivity contribution in [2.45, 2.75) is 12.8 Å². The van der Waals surface area contributed by atoms with E-state index in [1.807, 2.05) is 0 Å². The molecule has 0 unspecified atom stereocenters. The Kier molecular flexibility index (Phi) is 1.86. The zero-order valence-electron chi connectivity index (χ0n) is 6.88. The smallest absolute Gasteiger partial charge is 0.0642 e. The molecule has 0 bridgehead atoms. The third kappa shape index (κ3) is 1.56. The average molecular weight is 153 g/mol. The highest BCUT2D eigenvalue weighted by Crippen LogP contribution is 2.37. The van der Waals surface area contributed by atoms with E-state index in [4.69, 9.17) is 4.74 Å². The molecule has 1 saturated heterocycles. The van der Waals surface area contributed by atoms with Gasteiger partial charge in [0, 0.05) is 18.8 Å². The van der Waals surface area contributed by atoms with Crippen molar-refractivity contribution in [3.63, 3.8) is 0 Å². The molecule has 0 spiro atoms. The highest BCUT2D eigenvalue weighted by Gasteiger charge is 2.28. The van der Waals surface area contributed by atoms with Crippen molar-refractivity contribution in [1.82, 2.24) is 4.90 Å². The summed E-state index contributed by atoms with van der Waals surface area (Å²) in [6.07, 6.45) is 2.71. The van der Waals surface area contributed by atoms with Crippen LogP contribution in [0.4, 0.5) is 0 Å². The number of rotatable bonds is 2. The Labute approximate surface area is 67.8 Å². The Balaban J connectivity index is 1.86. The van der Waals surface area contributed by atoms with Crippen LogP contribution in [0.2, 0.25) is 0 Å². The summed E-state index contributed by atoms with van der Waals surface area (Å²) in [5.74, 6) is 0.813. The summed E-state index contributed by atoms with van der Waals surface area (Å²) in [5.41, 5.74) is 1.35. The monoisotopic (exact) mass is 153 g/mol. The lowest BCUT2D eigenvalue weighted by Gasteiger charge is -2.30. The minimum Gasteiger partial charge on any atom is -0.378 e. The zero-order valence-corrected chi connectivity index (χ0v) is 6.88. The lowest BCUT2D eigenvalue weighted by atomic mass is 10.2. The first-order valence-corrected chi connectivity index (χ1v) is 4.39. The Morgan fingerprint density at radius 1 is 1.27 bits per heavy atom. The largest absolute Gasteiger partial charge is 0.378 e. The van der Waals surface area contributed by atoms with Crippen molar-refractivity contribution >= 4 is 0 Å². The van der Waals surface area contributed by atoms with Gasteiger partial charge in [0.25, 0.3) is 0 Å². The Morgan fingerprint density at radius 3 is 2.45 bits per heavy atom. The predicted octanol–water partition coefficient (Wildman–Crippen LogP) is 1.24. The van der Waals surface area contributed by atoms with E-state index in [0.717, 1.165) is 32.2 Å². The van der Waals surface area contributed by atoms with E-state index in [1.54, 1.807) is 0 Å². The van der Waals surface area contributed by atoms with Crippen molar-refractivity contribution in [2.24, 2.45) is 5.92 Å². The van der Waals surface area contributed by atoms with E-state index >= 15 is 0 Å². The highest BCUT2D eigenvalue weighted by molar-refractivity contribution is 5.07. The molecule has 1 heterocycles. The maximum absolute atomic E-state index is 5.27. The second kappa shape index (κ2) is 2.86. The lowest BCUT2D eigenvalue weighted by molar-refractivity contribution is 0.0515. The molecule has 2 aliphatic rings. The van der Waals surface area contributed by atoms with Gasteiger partial charge in [-0.2, -0.15) is 0 Å². The molecule has 62 valence electrons. The molecule has 2 fully saturated rings. The van der Waals surface area contributed by atoms with Crippen molar-refractivity contribution in [2.75, 3.05) is 26.3 Å². The minimum absolute atomic E-state index is 0.813. The van der Waals surface area contributed by atoms with Crippen molar-refractivity contribution in [3.8, 4) is 0 Å². The van der Waals surface area contributed by atoms with Gasteiger partial charge in [-0.25, -0.2) is 0 Å². The average Bonchev–Trinajstić information content (AvgIpc) is 2.87. The van der Waals surface area contributed by atoms with Gasteiger partial charge in [0.05, 0.1) is 13.2 Å². The molecule has 11 heavy (non-hydrogen) atoms. The molecule has 2 heteroatoms. The van der Waals surface area contributed by atoms with Crippen LogP contribution in [-0.4, -0.2) is 31.2 Å². The third-order valence-electron chi connectivity index (χ3n) is 2.47.